The van der Waals surface area contributed by atoms with Gasteiger partial charge in [0.25, 0.3) is 0 Å². The summed E-state index contributed by atoms with van der Waals surface area (Å²) in [6, 6.07) is 20.3. The van der Waals surface area contributed by atoms with Gasteiger partial charge in [0.05, 0.1) is 21.0 Å². The number of hydrogen-bond donors (Lipinski definition) is 2. The molecule has 0 amide bonds. The van der Waals surface area contributed by atoms with Gasteiger partial charge in [0, 0.05) is 11.4 Å². The van der Waals surface area contributed by atoms with Crippen molar-refractivity contribution in [3.63, 3.8) is 0 Å². The lowest BCUT2D eigenvalue weighted by Crippen LogP contribution is -2.02. The summed E-state index contributed by atoms with van der Waals surface area (Å²) in [7, 11) is 0. The molecule has 0 aliphatic rings. The molecule has 0 bridgehead atoms. The lowest BCUT2D eigenvalue weighted by molar-refractivity contribution is 0.872. The van der Waals surface area contributed by atoms with E-state index in [1.807, 2.05) is 38.1 Å². The van der Waals surface area contributed by atoms with Gasteiger partial charge in [-0.3, -0.25) is 0 Å². The summed E-state index contributed by atoms with van der Waals surface area (Å²) in [6.07, 6.45) is 0. The number of nitrogen functional groups attached to an aromatic ring is 1. The first-order valence-corrected chi connectivity index (χ1v) is 12.9. The van der Waals surface area contributed by atoms with Crippen LogP contribution in [0.4, 0.5) is 17.1 Å². The van der Waals surface area contributed by atoms with Gasteiger partial charge in [-0.15, -0.1) is 22.7 Å². The molecule has 0 spiro atoms. The largest absolute Gasteiger partial charge is 0.399 e. The van der Waals surface area contributed by atoms with E-state index < -0.39 is 0 Å². The minimum Gasteiger partial charge on any atom is -0.399 e. The van der Waals surface area contributed by atoms with Crippen molar-refractivity contribution in [3.8, 4) is 21.1 Å². The maximum atomic E-state index is 5.85. The zero-order chi connectivity index (χ0) is 23.4. The van der Waals surface area contributed by atoms with Crippen LogP contribution in [0.15, 0.2) is 71.4 Å². The highest BCUT2D eigenvalue weighted by Gasteiger charge is 2.19. The third kappa shape index (κ3) is 4.77. The molecule has 168 valence electrons. The van der Waals surface area contributed by atoms with Gasteiger partial charge in [0.2, 0.25) is 0 Å². The minimum absolute atomic E-state index is 0.339. The molecule has 3 heterocycles. The van der Waals surface area contributed by atoms with Gasteiger partial charge in [0.1, 0.15) is 16.9 Å². The highest BCUT2D eigenvalue weighted by molar-refractivity contribution is 7.14. The number of nitrogens with zero attached hydrogens (tertiary/aromatic N) is 2. The van der Waals surface area contributed by atoms with Crippen molar-refractivity contribution in [3.05, 3.63) is 77.0 Å². The van der Waals surface area contributed by atoms with Gasteiger partial charge < -0.3 is 11.1 Å². The molecule has 6 heteroatoms. The molecule has 33 heavy (non-hydrogen) atoms. The number of thiophene rings is 2. The summed E-state index contributed by atoms with van der Waals surface area (Å²) in [5, 5.41) is 7.68. The Balaban J connectivity index is 0.00000126. The maximum Gasteiger partial charge on any atom is 0.113 e. The Labute approximate surface area is 203 Å². The first-order chi connectivity index (χ1) is 16.1. The number of fused-ring (bicyclic) bond motifs is 1. The zero-order valence-electron chi connectivity index (χ0n) is 19.3. The second kappa shape index (κ2) is 10.1. The summed E-state index contributed by atoms with van der Waals surface area (Å²) >= 11 is 3.38. The lowest BCUT2D eigenvalue weighted by Gasteiger charge is -2.16. The molecular formula is C27H28N4S2. The first kappa shape index (κ1) is 23.0. The highest BCUT2D eigenvalue weighted by atomic mass is 32.1. The van der Waals surface area contributed by atoms with Gasteiger partial charge in [-0.2, -0.15) is 0 Å². The van der Waals surface area contributed by atoms with Crippen LogP contribution in [0.1, 0.15) is 39.2 Å². The predicted molar refractivity (Wildman–Crippen MR) is 146 cm³/mol. The van der Waals surface area contributed by atoms with Crippen molar-refractivity contribution in [1.82, 2.24) is 9.97 Å². The van der Waals surface area contributed by atoms with Crippen LogP contribution in [0.3, 0.4) is 0 Å². The van der Waals surface area contributed by atoms with Crippen LogP contribution in [0.2, 0.25) is 0 Å². The summed E-state index contributed by atoms with van der Waals surface area (Å²) in [4.78, 5) is 12.6. The third-order valence-corrected chi connectivity index (χ3v) is 6.93. The Morgan fingerprint density at radius 1 is 0.758 bits per heavy atom. The van der Waals surface area contributed by atoms with Gasteiger partial charge in [-0.1, -0.05) is 45.9 Å². The average molecular weight is 473 g/mol. The Morgan fingerprint density at radius 2 is 1.33 bits per heavy atom. The number of nitrogens with two attached hydrogens (primary N) is 1. The average Bonchev–Trinajstić information content (AvgIpc) is 3.56. The molecule has 0 unspecified atom stereocenters. The molecule has 5 rings (SSSR count). The third-order valence-electron chi connectivity index (χ3n) is 5.17. The van der Waals surface area contributed by atoms with Crippen molar-refractivity contribution in [2.45, 2.75) is 33.6 Å². The van der Waals surface area contributed by atoms with Crippen molar-refractivity contribution < 1.29 is 0 Å². The van der Waals surface area contributed by atoms with Crippen LogP contribution in [0, 0.1) is 0 Å². The van der Waals surface area contributed by atoms with E-state index in [9.17, 15) is 0 Å². The number of aromatic nitrogens is 2. The van der Waals surface area contributed by atoms with Gasteiger partial charge in [0.15, 0.2) is 0 Å². The number of hydrogen-bond acceptors (Lipinski definition) is 6. The number of nitrogens with one attached hydrogen (secondary N) is 1. The molecule has 0 atom stereocenters. The summed E-state index contributed by atoms with van der Waals surface area (Å²) in [5.41, 5.74) is 13.4. The maximum absolute atomic E-state index is 5.85. The Kier molecular flexibility index (Phi) is 7.06. The Morgan fingerprint density at radius 3 is 1.85 bits per heavy atom. The number of rotatable bonds is 5. The van der Waals surface area contributed by atoms with Crippen LogP contribution in [-0.2, 0) is 0 Å². The van der Waals surface area contributed by atoms with Crippen molar-refractivity contribution in [2.24, 2.45) is 0 Å². The lowest BCUT2D eigenvalue weighted by atomic mass is 10.00. The standard InChI is InChI=1S/C25H22N4S2.C2H6/c1-15(2)18-11-12-19(27-17-9-7-16(26)8-10-17)23-22(18)28-24(20-5-3-13-30-20)25(29-23)21-6-4-14-31-21;1-2/h3-15,27H,26H2,1-2H3;1-2H3. The quantitative estimate of drug-likeness (QED) is 0.251. The summed E-state index contributed by atoms with van der Waals surface area (Å²) in [6.45, 7) is 8.39. The molecule has 0 saturated heterocycles. The second-order valence-electron chi connectivity index (χ2n) is 7.68. The molecule has 3 N–H and O–H groups in total. The molecule has 0 aliphatic carbocycles. The second-order valence-corrected chi connectivity index (χ2v) is 9.57. The molecule has 3 aromatic heterocycles. The van der Waals surface area contributed by atoms with E-state index in [4.69, 9.17) is 15.7 Å². The number of benzene rings is 2. The molecule has 4 nitrogen and oxygen atoms in total. The topological polar surface area (TPSA) is 63.8 Å². The fraction of sp³-hybridized carbons (Fsp3) is 0.185. The van der Waals surface area contributed by atoms with Crippen LogP contribution < -0.4 is 11.1 Å². The van der Waals surface area contributed by atoms with Crippen molar-refractivity contribution in [2.75, 3.05) is 11.1 Å². The van der Waals surface area contributed by atoms with Crippen molar-refractivity contribution in [1.29, 1.82) is 0 Å². The van der Waals surface area contributed by atoms with Crippen LogP contribution in [0.5, 0.6) is 0 Å². The molecule has 0 saturated carbocycles. The first-order valence-electron chi connectivity index (χ1n) is 11.1. The molecule has 2 aromatic carbocycles. The van der Waals surface area contributed by atoms with Gasteiger partial charge in [-0.25, -0.2) is 9.97 Å². The summed E-state index contributed by atoms with van der Waals surface area (Å²) in [5.74, 6) is 0.339. The monoisotopic (exact) mass is 472 g/mol. The molecule has 5 aromatic rings. The number of anilines is 3. The molecular weight excluding hydrogens is 444 g/mol. The van der Waals surface area contributed by atoms with E-state index in [0.717, 1.165) is 49.2 Å². The highest BCUT2D eigenvalue weighted by Crippen LogP contribution is 2.39. The van der Waals surface area contributed by atoms with Crippen LogP contribution in [-0.4, -0.2) is 9.97 Å². The fourth-order valence-corrected chi connectivity index (χ4v) is 5.04. The SMILES string of the molecule is CC.CC(C)c1ccc(Nc2ccc(N)cc2)c2nc(-c3cccs3)c(-c3cccs3)nc12. The van der Waals surface area contributed by atoms with E-state index >= 15 is 0 Å². The van der Waals surface area contributed by atoms with Crippen LogP contribution in [0.25, 0.3) is 32.2 Å². The van der Waals surface area contributed by atoms with Gasteiger partial charge >= 0.3 is 0 Å². The zero-order valence-corrected chi connectivity index (χ0v) is 20.9. The fourth-order valence-electron chi connectivity index (χ4n) is 3.61. The van der Waals surface area contributed by atoms with Crippen LogP contribution >= 0.6 is 22.7 Å². The molecule has 0 radical (unpaired) electrons. The van der Waals surface area contributed by atoms with Gasteiger partial charge in [-0.05, 0) is 64.7 Å². The predicted octanol–water partition coefficient (Wildman–Crippen LogP) is 8.56. The van der Waals surface area contributed by atoms with E-state index in [2.05, 4.69) is 66.3 Å². The van der Waals surface area contributed by atoms with E-state index in [-0.39, 0.29) is 0 Å². The summed E-state index contributed by atoms with van der Waals surface area (Å²) < 4.78 is 0. The molecule has 0 fully saturated rings. The van der Waals surface area contributed by atoms with E-state index in [1.54, 1.807) is 22.7 Å². The van der Waals surface area contributed by atoms with E-state index in [0.29, 0.717) is 5.92 Å². The Bertz CT molecular complexity index is 1320. The Hall–Kier alpha value is -3.22. The normalized spacial score (nSPS) is 10.8. The minimum atomic E-state index is 0.339. The van der Waals surface area contributed by atoms with E-state index in [1.165, 1.54) is 5.56 Å². The molecule has 0 aliphatic heterocycles. The van der Waals surface area contributed by atoms with Crippen molar-refractivity contribution >= 4 is 50.8 Å². The smallest absolute Gasteiger partial charge is 0.113 e.